The van der Waals surface area contributed by atoms with Gasteiger partial charge < -0.3 is 10.0 Å². The van der Waals surface area contributed by atoms with Crippen molar-refractivity contribution in [3.63, 3.8) is 0 Å². The lowest BCUT2D eigenvalue weighted by molar-refractivity contribution is 0.0583. The third kappa shape index (κ3) is 2.77. The minimum Gasteiger partial charge on any atom is -0.387 e. The van der Waals surface area contributed by atoms with E-state index >= 15 is 0 Å². The van der Waals surface area contributed by atoms with Gasteiger partial charge in [-0.1, -0.05) is 36.8 Å². The zero-order chi connectivity index (χ0) is 14.1. The van der Waals surface area contributed by atoms with Gasteiger partial charge in [0.25, 0.3) is 0 Å². The second kappa shape index (κ2) is 5.87. The Morgan fingerprint density at radius 3 is 2.55 bits per heavy atom. The molecule has 2 nitrogen and oxygen atoms in total. The molecule has 20 heavy (non-hydrogen) atoms. The number of hydrogen-bond acceptors (Lipinski definition) is 2. The molecule has 0 amide bonds. The molecule has 0 saturated heterocycles. The molecule has 0 radical (unpaired) electrons. The minimum atomic E-state index is -0.389. The van der Waals surface area contributed by atoms with Crippen LogP contribution in [-0.4, -0.2) is 29.6 Å². The van der Waals surface area contributed by atoms with E-state index in [9.17, 15) is 5.11 Å². The molecule has 3 rings (SSSR count). The Labute approximate surface area is 122 Å². The molecule has 0 aliphatic heterocycles. The third-order valence-corrected chi connectivity index (χ3v) is 5.70. The van der Waals surface area contributed by atoms with Gasteiger partial charge in [0.05, 0.1) is 6.10 Å². The second-order valence-electron chi connectivity index (χ2n) is 6.97. The number of aliphatic hydroxyl groups excluding tert-OH is 1. The summed E-state index contributed by atoms with van der Waals surface area (Å²) < 4.78 is 0. The van der Waals surface area contributed by atoms with Crippen molar-refractivity contribution in [2.75, 3.05) is 13.6 Å². The standard InChI is InChI=1S/C18H27NO/c1-13(18(20)15-6-4-3-5-7-15)19(2)12-17-11-14-8-9-16(17)10-14/h3-7,13-14,16-18,20H,8-12H2,1-2H3. The molecule has 2 bridgehead atoms. The summed E-state index contributed by atoms with van der Waals surface area (Å²) in [5.74, 6) is 2.83. The molecule has 1 N–H and O–H groups in total. The average molecular weight is 273 g/mol. The first-order chi connectivity index (χ1) is 9.65. The van der Waals surface area contributed by atoms with Crippen LogP contribution in [-0.2, 0) is 0 Å². The summed E-state index contributed by atoms with van der Waals surface area (Å²) in [7, 11) is 2.17. The van der Waals surface area contributed by atoms with Gasteiger partial charge in [0.15, 0.2) is 0 Å². The summed E-state index contributed by atoms with van der Waals surface area (Å²) >= 11 is 0. The van der Waals surface area contributed by atoms with Crippen LogP contribution in [0.1, 0.15) is 44.3 Å². The van der Waals surface area contributed by atoms with Crippen molar-refractivity contribution in [1.82, 2.24) is 4.90 Å². The van der Waals surface area contributed by atoms with E-state index in [1.807, 2.05) is 30.3 Å². The highest BCUT2D eigenvalue weighted by Gasteiger charge is 2.40. The fourth-order valence-electron chi connectivity index (χ4n) is 4.31. The Morgan fingerprint density at radius 2 is 1.95 bits per heavy atom. The highest BCUT2D eigenvalue weighted by atomic mass is 16.3. The maximum Gasteiger partial charge on any atom is 0.0942 e. The largest absolute Gasteiger partial charge is 0.387 e. The van der Waals surface area contributed by atoms with Crippen LogP contribution in [0.4, 0.5) is 0 Å². The van der Waals surface area contributed by atoms with Gasteiger partial charge in [-0.25, -0.2) is 0 Å². The van der Waals surface area contributed by atoms with E-state index in [-0.39, 0.29) is 12.1 Å². The van der Waals surface area contributed by atoms with Crippen molar-refractivity contribution in [3.8, 4) is 0 Å². The van der Waals surface area contributed by atoms with E-state index in [0.29, 0.717) is 0 Å². The monoisotopic (exact) mass is 273 g/mol. The first kappa shape index (κ1) is 14.1. The van der Waals surface area contributed by atoms with Gasteiger partial charge >= 0.3 is 0 Å². The fourth-order valence-corrected chi connectivity index (χ4v) is 4.31. The topological polar surface area (TPSA) is 23.5 Å². The molecule has 2 aliphatic rings. The summed E-state index contributed by atoms with van der Waals surface area (Å²) in [5, 5.41) is 10.5. The van der Waals surface area contributed by atoms with Gasteiger partial charge in [-0.3, -0.25) is 0 Å². The molecule has 0 spiro atoms. The van der Waals surface area contributed by atoms with Crippen LogP contribution in [0.15, 0.2) is 30.3 Å². The molecule has 1 aromatic carbocycles. The Balaban J connectivity index is 1.58. The van der Waals surface area contributed by atoms with Crippen LogP contribution in [0.2, 0.25) is 0 Å². The van der Waals surface area contributed by atoms with E-state index in [1.54, 1.807) is 0 Å². The summed E-state index contributed by atoms with van der Waals surface area (Å²) in [6.45, 7) is 3.29. The fraction of sp³-hybridized carbons (Fsp3) is 0.667. The maximum absolute atomic E-state index is 10.5. The zero-order valence-electron chi connectivity index (χ0n) is 12.7. The number of nitrogens with zero attached hydrogens (tertiary/aromatic N) is 1. The van der Waals surface area contributed by atoms with Gasteiger partial charge in [0, 0.05) is 12.6 Å². The van der Waals surface area contributed by atoms with Crippen LogP contribution in [0.5, 0.6) is 0 Å². The van der Waals surface area contributed by atoms with Crippen molar-refractivity contribution in [2.24, 2.45) is 17.8 Å². The number of likely N-dealkylation sites (N-methyl/N-ethyl adjacent to an activating group) is 1. The quantitative estimate of drug-likeness (QED) is 0.888. The molecule has 5 unspecified atom stereocenters. The van der Waals surface area contributed by atoms with Crippen LogP contribution in [0.3, 0.4) is 0 Å². The van der Waals surface area contributed by atoms with E-state index in [4.69, 9.17) is 0 Å². The molecule has 2 aliphatic carbocycles. The Bertz CT molecular complexity index is 432. The average Bonchev–Trinajstić information content (AvgIpc) is 3.09. The predicted octanol–water partition coefficient (Wildman–Crippen LogP) is 3.48. The third-order valence-electron chi connectivity index (χ3n) is 5.70. The first-order valence-corrected chi connectivity index (χ1v) is 8.08. The van der Waals surface area contributed by atoms with Crippen molar-refractivity contribution in [1.29, 1.82) is 0 Å². The number of hydrogen-bond donors (Lipinski definition) is 1. The van der Waals surface area contributed by atoms with Crippen LogP contribution in [0.25, 0.3) is 0 Å². The number of aliphatic hydroxyl groups is 1. The van der Waals surface area contributed by atoms with Gasteiger partial charge in [0.2, 0.25) is 0 Å². The SMILES string of the molecule is CC(C(O)c1ccccc1)N(C)CC1CC2CCC1C2. The summed E-state index contributed by atoms with van der Waals surface area (Å²) in [5.41, 5.74) is 1.03. The molecule has 2 heteroatoms. The zero-order valence-corrected chi connectivity index (χ0v) is 12.7. The predicted molar refractivity (Wildman–Crippen MR) is 82.4 cm³/mol. The lowest BCUT2D eigenvalue weighted by Crippen LogP contribution is -2.38. The summed E-state index contributed by atoms with van der Waals surface area (Å²) in [6, 6.07) is 10.2. The Hall–Kier alpha value is -0.860. The van der Waals surface area contributed by atoms with Crippen LogP contribution >= 0.6 is 0 Å². The number of fused-ring (bicyclic) bond motifs is 2. The molecule has 0 heterocycles. The smallest absolute Gasteiger partial charge is 0.0942 e. The van der Waals surface area contributed by atoms with Gasteiger partial charge in [-0.2, -0.15) is 0 Å². The Morgan fingerprint density at radius 1 is 1.20 bits per heavy atom. The van der Waals surface area contributed by atoms with Crippen LogP contribution in [0, 0.1) is 17.8 Å². The van der Waals surface area contributed by atoms with Crippen LogP contribution < -0.4 is 0 Å². The van der Waals surface area contributed by atoms with Gasteiger partial charge in [-0.15, -0.1) is 0 Å². The molecular weight excluding hydrogens is 246 g/mol. The minimum absolute atomic E-state index is 0.177. The summed E-state index contributed by atoms with van der Waals surface area (Å²) in [4.78, 5) is 2.36. The van der Waals surface area contributed by atoms with Crippen molar-refractivity contribution >= 4 is 0 Å². The number of benzene rings is 1. The Kier molecular flexibility index (Phi) is 4.13. The van der Waals surface area contributed by atoms with Gasteiger partial charge in [-0.05, 0) is 56.6 Å². The molecule has 1 aromatic rings. The maximum atomic E-state index is 10.5. The molecule has 5 atom stereocenters. The lowest BCUT2D eigenvalue weighted by atomic mass is 9.88. The molecular formula is C18H27NO. The number of rotatable bonds is 5. The summed E-state index contributed by atoms with van der Waals surface area (Å²) in [6.07, 6.45) is 5.41. The van der Waals surface area contributed by atoms with E-state index < -0.39 is 0 Å². The highest BCUT2D eigenvalue weighted by Crippen LogP contribution is 2.48. The van der Waals surface area contributed by atoms with E-state index in [0.717, 1.165) is 29.9 Å². The van der Waals surface area contributed by atoms with E-state index in [2.05, 4.69) is 18.9 Å². The lowest BCUT2D eigenvalue weighted by Gasteiger charge is -2.33. The van der Waals surface area contributed by atoms with Crippen molar-refractivity contribution < 1.29 is 5.11 Å². The van der Waals surface area contributed by atoms with Crippen molar-refractivity contribution in [2.45, 2.75) is 44.8 Å². The van der Waals surface area contributed by atoms with Gasteiger partial charge in [0.1, 0.15) is 0 Å². The normalized spacial score (nSPS) is 31.7. The highest BCUT2D eigenvalue weighted by molar-refractivity contribution is 5.18. The second-order valence-corrected chi connectivity index (χ2v) is 6.97. The molecule has 2 fully saturated rings. The molecule has 110 valence electrons. The van der Waals surface area contributed by atoms with Crippen molar-refractivity contribution in [3.05, 3.63) is 35.9 Å². The molecule has 0 aromatic heterocycles. The van der Waals surface area contributed by atoms with E-state index in [1.165, 1.54) is 25.7 Å². The molecule has 2 saturated carbocycles. The first-order valence-electron chi connectivity index (χ1n) is 8.08.